The second-order valence-corrected chi connectivity index (χ2v) is 7.07. The molecule has 1 atom stereocenters. The van der Waals surface area contributed by atoms with Crippen LogP contribution in [0.5, 0.6) is 0 Å². The van der Waals surface area contributed by atoms with Crippen molar-refractivity contribution in [2.24, 2.45) is 0 Å². The van der Waals surface area contributed by atoms with Gasteiger partial charge in [0.05, 0.1) is 19.6 Å². The molecule has 1 N–H and O–H groups in total. The molecule has 1 aromatic rings. The van der Waals surface area contributed by atoms with E-state index in [0.717, 1.165) is 66.6 Å². The van der Waals surface area contributed by atoms with Crippen molar-refractivity contribution in [2.45, 2.75) is 73.3 Å². The Hall–Kier alpha value is -1.35. The standard InChI is InChI=1S/C21H36N2O/c1-7-14-23(15-8-2,16-9-3)19(10-4)21(24)22-20-17(5)12-11-13-18(20)6/h11-13,19H,7-10,14-16H2,1-6H3/p+1. The topological polar surface area (TPSA) is 29.1 Å². The van der Waals surface area contributed by atoms with Crippen molar-refractivity contribution in [3.05, 3.63) is 29.3 Å². The van der Waals surface area contributed by atoms with Gasteiger partial charge < -0.3 is 9.80 Å². The highest BCUT2D eigenvalue weighted by molar-refractivity contribution is 5.95. The third-order valence-electron chi connectivity index (χ3n) is 5.09. The average Bonchev–Trinajstić information content (AvgIpc) is 2.52. The van der Waals surface area contributed by atoms with Gasteiger partial charge in [0, 0.05) is 12.1 Å². The van der Waals surface area contributed by atoms with Crippen LogP contribution in [-0.4, -0.2) is 36.1 Å². The summed E-state index contributed by atoms with van der Waals surface area (Å²) >= 11 is 0. The van der Waals surface area contributed by atoms with Crippen molar-refractivity contribution in [2.75, 3.05) is 25.0 Å². The van der Waals surface area contributed by atoms with Gasteiger partial charge in [-0.3, -0.25) is 4.79 Å². The summed E-state index contributed by atoms with van der Waals surface area (Å²) in [6, 6.07) is 6.21. The van der Waals surface area contributed by atoms with Crippen LogP contribution >= 0.6 is 0 Å². The van der Waals surface area contributed by atoms with Crippen LogP contribution in [0.2, 0.25) is 0 Å². The van der Waals surface area contributed by atoms with Crippen LogP contribution in [0.3, 0.4) is 0 Å². The number of para-hydroxylation sites is 1. The lowest BCUT2D eigenvalue weighted by Gasteiger charge is -2.44. The lowest BCUT2D eigenvalue weighted by molar-refractivity contribution is -0.942. The van der Waals surface area contributed by atoms with Crippen LogP contribution in [0.25, 0.3) is 0 Å². The van der Waals surface area contributed by atoms with E-state index in [1.54, 1.807) is 0 Å². The van der Waals surface area contributed by atoms with Crippen LogP contribution in [0.4, 0.5) is 5.69 Å². The molecule has 0 aliphatic carbocycles. The minimum Gasteiger partial charge on any atom is -0.320 e. The highest BCUT2D eigenvalue weighted by Gasteiger charge is 2.39. The first-order chi connectivity index (χ1) is 11.5. The van der Waals surface area contributed by atoms with Gasteiger partial charge in [0.1, 0.15) is 0 Å². The third kappa shape index (κ3) is 4.83. The molecule has 0 saturated carbocycles. The number of aryl methyl sites for hydroxylation is 2. The molecule has 1 aromatic carbocycles. The van der Waals surface area contributed by atoms with Crippen LogP contribution in [0.1, 0.15) is 64.5 Å². The van der Waals surface area contributed by atoms with Crippen molar-refractivity contribution in [1.29, 1.82) is 0 Å². The summed E-state index contributed by atoms with van der Waals surface area (Å²) in [5.74, 6) is 0.185. The lowest BCUT2D eigenvalue weighted by atomic mass is 10.0. The highest BCUT2D eigenvalue weighted by atomic mass is 16.2. The summed E-state index contributed by atoms with van der Waals surface area (Å²) in [4.78, 5) is 13.2. The summed E-state index contributed by atoms with van der Waals surface area (Å²) < 4.78 is 0.927. The van der Waals surface area contributed by atoms with E-state index in [2.05, 4.69) is 59.0 Å². The Balaban J connectivity index is 3.13. The number of carbonyl (C=O) groups excluding carboxylic acids is 1. The summed E-state index contributed by atoms with van der Waals surface area (Å²) in [6.45, 7) is 16.2. The fourth-order valence-electron chi connectivity index (χ4n) is 4.18. The zero-order valence-electron chi connectivity index (χ0n) is 16.6. The molecular formula is C21H37N2O+. The van der Waals surface area contributed by atoms with Gasteiger partial charge >= 0.3 is 0 Å². The first kappa shape index (κ1) is 20.7. The number of benzene rings is 1. The normalized spacial score (nSPS) is 12.9. The van der Waals surface area contributed by atoms with E-state index in [0.29, 0.717) is 0 Å². The molecule has 0 radical (unpaired) electrons. The Labute approximate surface area is 149 Å². The van der Waals surface area contributed by atoms with Gasteiger partial charge in [-0.05, 0) is 44.2 Å². The van der Waals surface area contributed by atoms with Crippen molar-refractivity contribution in [3.8, 4) is 0 Å². The maximum atomic E-state index is 13.2. The van der Waals surface area contributed by atoms with E-state index < -0.39 is 0 Å². The molecule has 1 rings (SSSR count). The Kier molecular flexibility index (Phi) is 8.47. The summed E-state index contributed by atoms with van der Waals surface area (Å²) in [7, 11) is 0. The largest absolute Gasteiger partial charge is 0.320 e. The van der Waals surface area contributed by atoms with Gasteiger partial charge in [0.25, 0.3) is 5.91 Å². The quantitative estimate of drug-likeness (QED) is 0.595. The second kappa shape index (κ2) is 9.83. The maximum Gasteiger partial charge on any atom is 0.282 e. The Morgan fingerprint density at radius 3 is 1.79 bits per heavy atom. The predicted octanol–water partition coefficient (Wildman–Crippen LogP) is 5.07. The molecule has 0 aromatic heterocycles. The molecular weight excluding hydrogens is 296 g/mol. The van der Waals surface area contributed by atoms with Crippen LogP contribution in [0.15, 0.2) is 18.2 Å². The summed E-state index contributed by atoms with van der Waals surface area (Å²) in [6.07, 6.45) is 4.24. The van der Waals surface area contributed by atoms with Crippen LogP contribution in [-0.2, 0) is 4.79 Å². The highest BCUT2D eigenvalue weighted by Crippen LogP contribution is 2.24. The van der Waals surface area contributed by atoms with E-state index in [1.165, 1.54) is 0 Å². The fraction of sp³-hybridized carbons (Fsp3) is 0.667. The Morgan fingerprint density at radius 1 is 0.958 bits per heavy atom. The first-order valence-corrected chi connectivity index (χ1v) is 9.68. The number of hydrogen-bond acceptors (Lipinski definition) is 1. The lowest BCUT2D eigenvalue weighted by Crippen LogP contribution is -2.60. The van der Waals surface area contributed by atoms with Gasteiger partial charge in [0.2, 0.25) is 0 Å². The van der Waals surface area contributed by atoms with E-state index in [9.17, 15) is 4.79 Å². The summed E-state index contributed by atoms with van der Waals surface area (Å²) in [5, 5.41) is 3.26. The molecule has 3 nitrogen and oxygen atoms in total. The molecule has 0 saturated heterocycles. The SMILES string of the molecule is CCC[N+](CCC)(CCC)C(CC)C(=O)Nc1c(C)cccc1C. The van der Waals surface area contributed by atoms with Crippen molar-refractivity contribution < 1.29 is 9.28 Å². The molecule has 0 fully saturated rings. The van der Waals surface area contributed by atoms with Crippen molar-refractivity contribution in [3.63, 3.8) is 0 Å². The molecule has 0 spiro atoms. The van der Waals surface area contributed by atoms with Gasteiger partial charge in [-0.1, -0.05) is 45.9 Å². The number of amides is 1. The zero-order valence-corrected chi connectivity index (χ0v) is 16.6. The third-order valence-corrected chi connectivity index (χ3v) is 5.09. The molecule has 24 heavy (non-hydrogen) atoms. The second-order valence-electron chi connectivity index (χ2n) is 7.07. The number of hydrogen-bond donors (Lipinski definition) is 1. The van der Waals surface area contributed by atoms with E-state index in [-0.39, 0.29) is 11.9 Å². The average molecular weight is 334 g/mol. The molecule has 1 unspecified atom stereocenters. The molecule has 0 aliphatic rings. The number of anilines is 1. The minimum atomic E-state index is 0.0313. The molecule has 0 bridgehead atoms. The van der Waals surface area contributed by atoms with Gasteiger partial charge in [0.15, 0.2) is 6.04 Å². The van der Waals surface area contributed by atoms with Crippen molar-refractivity contribution >= 4 is 11.6 Å². The van der Waals surface area contributed by atoms with Crippen molar-refractivity contribution in [1.82, 2.24) is 0 Å². The van der Waals surface area contributed by atoms with Crippen LogP contribution in [0, 0.1) is 13.8 Å². The van der Waals surface area contributed by atoms with Gasteiger partial charge in [-0.15, -0.1) is 0 Å². The van der Waals surface area contributed by atoms with E-state index in [4.69, 9.17) is 0 Å². The predicted molar refractivity (Wildman–Crippen MR) is 104 cm³/mol. The molecule has 136 valence electrons. The molecule has 0 heterocycles. The fourth-order valence-corrected chi connectivity index (χ4v) is 4.18. The molecule has 3 heteroatoms. The number of rotatable bonds is 10. The van der Waals surface area contributed by atoms with E-state index in [1.807, 2.05) is 6.07 Å². The van der Waals surface area contributed by atoms with Gasteiger partial charge in [-0.25, -0.2) is 0 Å². The number of carbonyl (C=O) groups is 1. The maximum absolute atomic E-state index is 13.2. The Bertz CT molecular complexity index is 487. The zero-order chi connectivity index (χ0) is 18.2. The van der Waals surface area contributed by atoms with Gasteiger partial charge in [-0.2, -0.15) is 0 Å². The van der Waals surface area contributed by atoms with Crippen LogP contribution < -0.4 is 5.32 Å². The monoisotopic (exact) mass is 333 g/mol. The molecule has 1 amide bonds. The number of quaternary nitrogens is 1. The smallest absolute Gasteiger partial charge is 0.282 e. The number of nitrogens with zero attached hydrogens (tertiary/aromatic N) is 1. The van der Waals surface area contributed by atoms with E-state index >= 15 is 0 Å². The Morgan fingerprint density at radius 2 is 1.42 bits per heavy atom. The summed E-state index contributed by atoms with van der Waals surface area (Å²) in [5.41, 5.74) is 3.26. The molecule has 0 aliphatic heterocycles. The first-order valence-electron chi connectivity index (χ1n) is 9.68. The number of nitrogens with one attached hydrogen (secondary N) is 1. The minimum absolute atomic E-state index is 0.0313.